The molecular formula is CH4Cl2O6P2. The Balaban J connectivity index is 3.61. The Labute approximate surface area is 71.7 Å². The van der Waals surface area contributed by atoms with Gasteiger partial charge in [0, 0.05) is 22.5 Å². The van der Waals surface area contributed by atoms with Crippen molar-refractivity contribution >= 4 is 36.4 Å². The summed E-state index contributed by atoms with van der Waals surface area (Å²) in [6.45, 7) is -9.31. The van der Waals surface area contributed by atoms with Crippen LogP contribution in [-0.2, 0) is 18.2 Å². The molecule has 0 radical (unpaired) electrons. The van der Waals surface area contributed by atoms with Gasteiger partial charge in [0.05, 0.1) is 0 Å². The Bertz CT molecular complexity index is 181. The smallest absolute Gasteiger partial charge is 0.313 e. The minimum absolute atomic E-state index is 0.922. The molecule has 0 aliphatic rings. The first-order valence-corrected chi connectivity index (χ1v) is 7.01. The third-order valence-electron chi connectivity index (χ3n) is 0.424. The van der Waals surface area contributed by atoms with Gasteiger partial charge in [-0.05, 0) is 0 Å². The topological polar surface area (TPSA) is 93.1 Å². The molecule has 0 saturated carbocycles. The van der Waals surface area contributed by atoms with Crippen LogP contribution in [0.5, 0.6) is 0 Å². The maximum absolute atomic E-state index is 10.1. The first-order chi connectivity index (χ1) is 4.71. The molecule has 68 valence electrons. The molecule has 0 aliphatic heterocycles. The van der Waals surface area contributed by atoms with Gasteiger partial charge in [0.1, 0.15) is 0 Å². The van der Waals surface area contributed by atoms with E-state index in [-0.39, 0.29) is 0 Å². The van der Waals surface area contributed by atoms with E-state index in [1.54, 1.807) is 0 Å². The predicted molar refractivity (Wildman–Crippen MR) is 38.4 cm³/mol. The Kier molecular flexibility index (Phi) is 4.55. The first kappa shape index (κ1) is 11.9. The van der Waals surface area contributed by atoms with E-state index in [1.165, 1.54) is 0 Å². The summed E-state index contributed by atoms with van der Waals surface area (Å²) in [6.07, 6.45) is 0. The van der Waals surface area contributed by atoms with Crippen LogP contribution in [-0.4, -0.2) is 16.6 Å². The number of hydrogen-bond donors (Lipinski definition) is 2. The van der Waals surface area contributed by atoms with Gasteiger partial charge in [-0.3, -0.25) is 9.05 Å². The third-order valence-corrected chi connectivity index (χ3v) is 1.86. The molecule has 0 spiro atoms. The summed E-state index contributed by atoms with van der Waals surface area (Å²) in [5.41, 5.74) is 0. The zero-order chi connectivity index (χ0) is 9.12. The van der Waals surface area contributed by atoms with E-state index >= 15 is 0 Å². The second-order valence-corrected chi connectivity index (χ2v) is 6.16. The standard InChI is InChI=1S/CH4Cl2O6P2/c2-10(4,5)8-1-9-11(3,6)7/h1H2,(H,4,5)(H,6,7). The molecule has 0 aromatic carbocycles. The van der Waals surface area contributed by atoms with Crippen LogP contribution in [0.2, 0.25) is 0 Å². The van der Waals surface area contributed by atoms with Crippen molar-refractivity contribution in [3.05, 3.63) is 0 Å². The number of hydrogen-bond acceptors (Lipinski definition) is 4. The normalized spacial score (nSPS) is 22.2. The van der Waals surface area contributed by atoms with Crippen molar-refractivity contribution < 1.29 is 28.0 Å². The molecule has 0 aliphatic carbocycles. The Hall–Kier alpha value is 0.880. The minimum atomic E-state index is -4.20. The molecule has 0 saturated heterocycles. The van der Waals surface area contributed by atoms with E-state index in [9.17, 15) is 9.13 Å². The molecule has 2 unspecified atom stereocenters. The van der Waals surface area contributed by atoms with Crippen molar-refractivity contribution in [1.29, 1.82) is 0 Å². The summed E-state index contributed by atoms with van der Waals surface area (Å²) in [5.74, 6) is 0. The van der Waals surface area contributed by atoms with Gasteiger partial charge in [-0.2, -0.15) is 0 Å². The van der Waals surface area contributed by atoms with Crippen LogP contribution in [0.25, 0.3) is 0 Å². The predicted octanol–water partition coefficient (Wildman–Crippen LogP) is 1.66. The third kappa shape index (κ3) is 10.9. The summed E-state index contributed by atoms with van der Waals surface area (Å²) >= 11 is 9.31. The summed E-state index contributed by atoms with van der Waals surface area (Å²) in [6, 6.07) is 0. The molecule has 0 bridgehead atoms. The van der Waals surface area contributed by atoms with Crippen LogP contribution in [0, 0.1) is 0 Å². The molecule has 2 atom stereocenters. The Morgan fingerprint density at radius 3 is 1.55 bits per heavy atom. The van der Waals surface area contributed by atoms with E-state index < -0.39 is 20.7 Å². The molecule has 0 amide bonds. The van der Waals surface area contributed by atoms with Gasteiger partial charge in [-0.25, -0.2) is 9.13 Å². The first-order valence-electron chi connectivity index (χ1n) is 2.05. The van der Waals surface area contributed by atoms with Gasteiger partial charge in [0.2, 0.25) is 0 Å². The highest BCUT2D eigenvalue weighted by Gasteiger charge is 2.19. The van der Waals surface area contributed by atoms with E-state index in [0.717, 1.165) is 0 Å². The largest absolute Gasteiger partial charge is 0.423 e. The van der Waals surface area contributed by atoms with E-state index in [0.29, 0.717) is 0 Å². The zero-order valence-corrected chi connectivity index (χ0v) is 8.19. The SMILES string of the molecule is O=P(O)(Cl)OCOP(=O)(O)Cl. The van der Waals surface area contributed by atoms with Gasteiger partial charge in [-0.1, -0.05) is 0 Å². The molecule has 0 aromatic heterocycles. The fourth-order valence-corrected chi connectivity index (χ4v) is 0.841. The van der Waals surface area contributed by atoms with Crippen molar-refractivity contribution in [3.8, 4) is 0 Å². The average molecular weight is 245 g/mol. The summed E-state index contributed by atoms with van der Waals surface area (Å²) in [7, 11) is 0. The van der Waals surface area contributed by atoms with Crippen LogP contribution in [0.15, 0.2) is 0 Å². The average Bonchev–Trinajstić information content (AvgIpc) is 1.55. The van der Waals surface area contributed by atoms with Crippen LogP contribution in [0.1, 0.15) is 0 Å². The lowest BCUT2D eigenvalue weighted by Gasteiger charge is -2.05. The fourth-order valence-electron chi connectivity index (χ4n) is 0.154. The molecule has 2 N–H and O–H groups in total. The zero-order valence-electron chi connectivity index (χ0n) is 4.88. The summed E-state index contributed by atoms with van der Waals surface area (Å²) in [5, 5.41) is 0. The highest BCUT2D eigenvalue weighted by molar-refractivity contribution is 7.81. The monoisotopic (exact) mass is 244 g/mol. The minimum Gasteiger partial charge on any atom is -0.313 e. The van der Waals surface area contributed by atoms with Crippen molar-refractivity contribution in [3.63, 3.8) is 0 Å². The molecule has 0 fully saturated rings. The van der Waals surface area contributed by atoms with Crippen LogP contribution in [0.4, 0.5) is 0 Å². The number of halogens is 2. The lowest BCUT2D eigenvalue weighted by molar-refractivity contribution is 0.105. The highest BCUT2D eigenvalue weighted by atomic mass is 35.7. The second kappa shape index (κ2) is 4.21. The molecule has 0 aromatic rings. The Morgan fingerprint density at radius 1 is 1.09 bits per heavy atom. The lowest BCUT2D eigenvalue weighted by Crippen LogP contribution is -1.91. The lowest BCUT2D eigenvalue weighted by atomic mass is 11.6. The fraction of sp³-hybridized carbons (Fsp3) is 1.00. The van der Waals surface area contributed by atoms with Crippen LogP contribution in [0.3, 0.4) is 0 Å². The van der Waals surface area contributed by atoms with Crippen molar-refractivity contribution in [2.24, 2.45) is 0 Å². The molecule has 11 heavy (non-hydrogen) atoms. The maximum Gasteiger partial charge on any atom is 0.423 e. The molecule has 0 rings (SSSR count). The second-order valence-electron chi connectivity index (χ2n) is 1.28. The quantitative estimate of drug-likeness (QED) is 0.577. The number of rotatable bonds is 4. The van der Waals surface area contributed by atoms with E-state index in [1.807, 2.05) is 0 Å². The van der Waals surface area contributed by atoms with Crippen LogP contribution < -0.4 is 0 Å². The maximum atomic E-state index is 10.1. The molecular weight excluding hydrogens is 241 g/mol. The van der Waals surface area contributed by atoms with Crippen LogP contribution >= 0.6 is 36.4 Å². The van der Waals surface area contributed by atoms with Gasteiger partial charge in [0.25, 0.3) is 0 Å². The van der Waals surface area contributed by atoms with E-state index in [2.05, 4.69) is 31.5 Å². The molecule has 10 heteroatoms. The van der Waals surface area contributed by atoms with Gasteiger partial charge in [-0.15, -0.1) is 0 Å². The van der Waals surface area contributed by atoms with Crippen molar-refractivity contribution in [2.45, 2.75) is 0 Å². The molecule has 6 nitrogen and oxygen atoms in total. The summed E-state index contributed by atoms with van der Waals surface area (Å²) < 4.78 is 27.9. The van der Waals surface area contributed by atoms with Crippen molar-refractivity contribution in [1.82, 2.24) is 0 Å². The highest BCUT2D eigenvalue weighted by Crippen LogP contribution is 2.51. The van der Waals surface area contributed by atoms with Crippen molar-refractivity contribution in [2.75, 3.05) is 6.79 Å². The Morgan fingerprint density at radius 2 is 1.36 bits per heavy atom. The molecule has 0 heterocycles. The van der Waals surface area contributed by atoms with Gasteiger partial charge >= 0.3 is 13.9 Å². The summed E-state index contributed by atoms with van der Waals surface area (Å²) in [4.78, 5) is 16.4. The van der Waals surface area contributed by atoms with Gasteiger partial charge < -0.3 is 9.79 Å². The van der Waals surface area contributed by atoms with Gasteiger partial charge in [0.15, 0.2) is 6.79 Å². The van der Waals surface area contributed by atoms with E-state index in [4.69, 9.17) is 9.79 Å².